The number of aryl methyl sites for hydroxylation is 1. The predicted molar refractivity (Wildman–Crippen MR) is 90.3 cm³/mol. The molecule has 1 aromatic carbocycles. The summed E-state index contributed by atoms with van der Waals surface area (Å²) < 4.78 is 7.06. The molecule has 0 aliphatic heterocycles. The Balaban J connectivity index is 2.64. The molecule has 0 bridgehead atoms. The van der Waals surface area contributed by atoms with Gasteiger partial charge in [0.15, 0.2) is 0 Å². The number of nitrogens with zero attached hydrogens (tertiary/aromatic N) is 1. The average Bonchev–Trinajstić information content (AvgIpc) is 2.45. The van der Waals surface area contributed by atoms with Crippen molar-refractivity contribution in [3.8, 4) is 17.0 Å². The number of methoxy groups -OCH3 is 1. The second kappa shape index (κ2) is 5.97. The van der Waals surface area contributed by atoms with Gasteiger partial charge in [-0.15, -0.1) is 0 Å². The summed E-state index contributed by atoms with van der Waals surface area (Å²) in [6.45, 7) is 8.26. The highest BCUT2D eigenvalue weighted by Crippen LogP contribution is 2.26. The van der Waals surface area contributed by atoms with E-state index < -0.39 is 5.54 Å². The van der Waals surface area contributed by atoms with Gasteiger partial charge in [-0.3, -0.25) is 4.79 Å². The van der Waals surface area contributed by atoms with E-state index in [0.717, 1.165) is 22.6 Å². The average molecular weight is 300 g/mol. The molecule has 4 nitrogen and oxygen atoms in total. The molecule has 0 fully saturated rings. The summed E-state index contributed by atoms with van der Waals surface area (Å²) in [5.41, 5.74) is 8.99. The number of hydrogen-bond acceptors (Lipinski definition) is 3. The lowest BCUT2D eigenvalue weighted by atomic mass is 9.96. The van der Waals surface area contributed by atoms with E-state index in [-0.39, 0.29) is 5.56 Å². The summed E-state index contributed by atoms with van der Waals surface area (Å²) in [6.07, 6.45) is 0. The molecule has 0 saturated heterocycles. The quantitative estimate of drug-likeness (QED) is 0.944. The first-order valence-electron chi connectivity index (χ1n) is 7.47. The van der Waals surface area contributed by atoms with E-state index in [9.17, 15) is 4.79 Å². The highest BCUT2D eigenvalue weighted by atomic mass is 16.5. The summed E-state index contributed by atoms with van der Waals surface area (Å²) >= 11 is 0. The predicted octanol–water partition coefficient (Wildman–Crippen LogP) is 3.05. The van der Waals surface area contributed by atoms with Crippen LogP contribution < -0.4 is 16.0 Å². The Labute approximate surface area is 131 Å². The van der Waals surface area contributed by atoms with Gasteiger partial charge >= 0.3 is 0 Å². The Morgan fingerprint density at radius 3 is 2.41 bits per heavy atom. The lowest BCUT2D eigenvalue weighted by Crippen LogP contribution is -2.38. The number of pyridine rings is 1. The maximum atomic E-state index is 12.7. The minimum atomic E-state index is -0.650. The Morgan fingerprint density at radius 2 is 1.91 bits per heavy atom. The van der Waals surface area contributed by atoms with Crippen LogP contribution in [0, 0.1) is 6.92 Å². The largest absolute Gasteiger partial charge is 0.496 e. The number of rotatable bonds is 4. The molecule has 0 atom stereocenters. The first-order valence-corrected chi connectivity index (χ1v) is 7.47. The second-order valence-corrected chi connectivity index (χ2v) is 6.09. The number of aromatic nitrogens is 1. The molecule has 0 amide bonds. The molecule has 0 unspecified atom stereocenters. The van der Waals surface area contributed by atoms with Gasteiger partial charge in [-0.05, 0) is 69.2 Å². The SMILES string of the molecule is CCn1c(-c2ccc(OC)c(C)c2)ccc(C(C)(C)N)c1=O. The third-order valence-corrected chi connectivity index (χ3v) is 3.88. The van der Waals surface area contributed by atoms with Crippen LogP contribution in [-0.2, 0) is 12.1 Å². The van der Waals surface area contributed by atoms with Crippen LogP contribution in [0.25, 0.3) is 11.3 Å². The molecule has 2 N–H and O–H groups in total. The topological polar surface area (TPSA) is 57.2 Å². The van der Waals surface area contributed by atoms with Crippen molar-refractivity contribution in [1.82, 2.24) is 4.57 Å². The molecule has 1 aromatic heterocycles. The molecule has 1 heterocycles. The minimum absolute atomic E-state index is 0.0269. The van der Waals surface area contributed by atoms with Gasteiger partial charge in [0.05, 0.1) is 12.8 Å². The fourth-order valence-corrected chi connectivity index (χ4v) is 2.67. The van der Waals surface area contributed by atoms with E-state index in [1.54, 1.807) is 11.7 Å². The Morgan fingerprint density at radius 1 is 1.23 bits per heavy atom. The molecule has 0 spiro atoms. The third kappa shape index (κ3) is 2.92. The summed E-state index contributed by atoms with van der Waals surface area (Å²) in [5.74, 6) is 0.842. The maximum absolute atomic E-state index is 12.7. The van der Waals surface area contributed by atoms with Crippen molar-refractivity contribution < 1.29 is 4.74 Å². The summed E-state index contributed by atoms with van der Waals surface area (Å²) in [5, 5.41) is 0. The normalized spacial score (nSPS) is 11.5. The molecule has 22 heavy (non-hydrogen) atoms. The number of benzene rings is 1. The zero-order valence-corrected chi connectivity index (χ0v) is 13.9. The van der Waals surface area contributed by atoms with Crippen LogP contribution >= 0.6 is 0 Å². The summed E-state index contributed by atoms with van der Waals surface area (Å²) in [4.78, 5) is 12.7. The van der Waals surface area contributed by atoms with Gasteiger partial charge in [0.25, 0.3) is 5.56 Å². The molecule has 0 radical (unpaired) electrons. The minimum Gasteiger partial charge on any atom is -0.496 e. The fraction of sp³-hybridized carbons (Fsp3) is 0.389. The van der Waals surface area contributed by atoms with Crippen LogP contribution in [0.15, 0.2) is 35.1 Å². The molecule has 0 aliphatic rings. The van der Waals surface area contributed by atoms with E-state index in [1.165, 1.54) is 0 Å². The van der Waals surface area contributed by atoms with Gasteiger partial charge in [0.2, 0.25) is 0 Å². The highest BCUT2D eigenvalue weighted by Gasteiger charge is 2.20. The first-order chi connectivity index (χ1) is 10.3. The zero-order valence-electron chi connectivity index (χ0n) is 13.9. The zero-order chi connectivity index (χ0) is 16.5. The second-order valence-electron chi connectivity index (χ2n) is 6.09. The van der Waals surface area contributed by atoms with Gasteiger partial charge in [-0.1, -0.05) is 0 Å². The van der Waals surface area contributed by atoms with Gasteiger partial charge < -0.3 is 15.0 Å². The van der Waals surface area contributed by atoms with Crippen LogP contribution in [-0.4, -0.2) is 11.7 Å². The Bertz CT molecular complexity index is 740. The molecule has 2 aromatic rings. The third-order valence-electron chi connectivity index (χ3n) is 3.88. The van der Waals surface area contributed by atoms with E-state index in [1.807, 2.05) is 58.0 Å². The number of hydrogen-bond donors (Lipinski definition) is 1. The van der Waals surface area contributed by atoms with Crippen LogP contribution in [0.1, 0.15) is 31.9 Å². The van der Waals surface area contributed by atoms with Crippen molar-refractivity contribution >= 4 is 0 Å². The number of nitrogens with two attached hydrogens (primary N) is 1. The monoisotopic (exact) mass is 300 g/mol. The molecule has 2 rings (SSSR count). The lowest BCUT2D eigenvalue weighted by molar-refractivity contribution is 0.412. The van der Waals surface area contributed by atoms with Gasteiger partial charge in [-0.2, -0.15) is 0 Å². The standard InChI is InChI=1S/C18H24N2O2/c1-6-20-15(9-8-14(17(20)21)18(3,4)19)13-7-10-16(22-5)12(2)11-13/h7-11H,6,19H2,1-5H3. The van der Waals surface area contributed by atoms with Crippen LogP contribution in [0.3, 0.4) is 0 Å². The molecule has 0 aliphatic carbocycles. The fourth-order valence-electron chi connectivity index (χ4n) is 2.67. The number of ether oxygens (including phenoxy) is 1. The van der Waals surface area contributed by atoms with Crippen molar-refractivity contribution in [2.45, 2.75) is 39.8 Å². The Kier molecular flexibility index (Phi) is 4.42. The summed E-state index contributed by atoms with van der Waals surface area (Å²) in [6, 6.07) is 9.74. The van der Waals surface area contributed by atoms with Gasteiger partial charge in [-0.25, -0.2) is 0 Å². The molecule has 0 saturated carbocycles. The first kappa shape index (κ1) is 16.3. The lowest BCUT2D eigenvalue weighted by Gasteiger charge is -2.21. The van der Waals surface area contributed by atoms with Gasteiger partial charge in [0.1, 0.15) is 5.75 Å². The molecular weight excluding hydrogens is 276 g/mol. The smallest absolute Gasteiger partial charge is 0.256 e. The van der Waals surface area contributed by atoms with Crippen molar-refractivity contribution in [2.24, 2.45) is 5.73 Å². The van der Waals surface area contributed by atoms with E-state index in [4.69, 9.17) is 10.5 Å². The molecular formula is C18H24N2O2. The summed E-state index contributed by atoms with van der Waals surface area (Å²) in [7, 11) is 1.65. The van der Waals surface area contributed by atoms with Crippen molar-refractivity contribution in [2.75, 3.05) is 7.11 Å². The van der Waals surface area contributed by atoms with Crippen LogP contribution in [0.5, 0.6) is 5.75 Å². The van der Waals surface area contributed by atoms with E-state index in [2.05, 4.69) is 0 Å². The maximum Gasteiger partial charge on any atom is 0.256 e. The van der Waals surface area contributed by atoms with Crippen LogP contribution in [0.4, 0.5) is 0 Å². The molecule has 4 heteroatoms. The molecule has 118 valence electrons. The van der Waals surface area contributed by atoms with Crippen LogP contribution in [0.2, 0.25) is 0 Å². The highest BCUT2D eigenvalue weighted by molar-refractivity contribution is 5.63. The van der Waals surface area contributed by atoms with Crippen molar-refractivity contribution in [3.63, 3.8) is 0 Å². The Hall–Kier alpha value is -2.07. The van der Waals surface area contributed by atoms with E-state index in [0.29, 0.717) is 12.1 Å². The van der Waals surface area contributed by atoms with Crippen molar-refractivity contribution in [3.05, 3.63) is 51.8 Å². The van der Waals surface area contributed by atoms with Crippen molar-refractivity contribution in [1.29, 1.82) is 0 Å². The van der Waals surface area contributed by atoms with E-state index >= 15 is 0 Å². The van der Waals surface area contributed by atoms with Gasteiger partial charge in [0, 0.05) is 17.6 Å².